The predicted octanol–water partition coefficient (Wildman–Crippen LogP) is 13.6. The summed E-state index contributed by atoms with van der Waals surface area (Å²) in [5.41, 5.74) is 17.5. The third-order valence-corrected chi connectivity index (χ3v) is 11.8. The zero-order chi connectivity index (χ0) is 38.8. The Labute approximate surface area is 337 Å². The second-order valence-electron chi connectivity index (χ2n) is 15.7. The van der Waals surface area contributed by atoms with Gasteiger partial charge >= 0.3 is 0 Å². The van der Waals surface area contributed by atoms with Crippen molar-refractivity contribution in [2.24, 2.45) is 0 Å². The van der Waals surface area contributed by atoms with Crippen molar-refractivity contribution in [3.8, 4) is 78.7 Å². The number of rotatable bonds is 6. The molecule has 0 fully saturated rings. The Morgan fingerprint density at radius 3 is 1.74 bits per heavy atom. The Bertz CT molecular complexity index is 3160. The highest BCUT2D eigenvalue weighted by Gasteiger charge is 2.35. The first kappa shape index (κ1) is 33.9. The highest BCUT2D eigenvalue weighted by molar-refractivity contribution is 6.08. The zero-order valence-electron chi connectivity index (χ0n) is 32.3. The van der Waals surface area contributed by atoms with Crippen LogP contribution >= 0.6 is 0 Å². The summed E-state index contributed by atoms with van der Waals surface area (Å²) in [5, 5.41) is 7.72. The number of fused-ring (bicyclic) bond motifs is 6. The van der Waals surface area contributed by atoms with Gasteiger partial charge in [0.2, 0.25) is 0 Å². The molecule has 3 aromatic heterocycles. The van der Waals surface area contributed by atoms with Gasteiger partial charge in [0, 0.05) is 44.2 Å². The van der Waals surface area contributed by atoms with Crippen molar-refractivity contribution >= 4 is 16.3 Å². The summed E-state index contributed by atoms with van der Waals surface area (Å²) in [5.74, 6) is 0.687. The van der Waals surface area contributed by atoms with Crippen molar-refractivity contribution in [3.63, 3.8) is 0 Å². The first-order chi connectivity index (χ1) is 28.5. The molecule has 0 spiro atoms. The van der Waals surface area contributed by atoms with E-state index in [2.05, 4.69) is 206 Å². The molecule has 274 valence electrons. The molecule has 0 N–H and O–H groups in total. The highest BCUT2D eigenvalue weighted by atomic mass is 15.2. The summed E-state index contributed by atoms with van der Waals surface area (Å²) in [4.78, 5) is 10.4. The van der Waals surface area contributed by atoms with Crippen LogP contribution in [0.1, 0.15) is 25.0 Å². The van der Waals surface area contributed by atoms with Gasteiger partial charge in [0.15, 0.2) is 5.82 Å². The van der Waals surface area contributed by atoms with Gasteiger partial charge in [-0.1, -0.05) is 190 Å². The largest absolute Gasteiger partial charge is 0.231 e. The Kier molecular flexibility index (Phi) is 7.80. The van der Waals surface area contributed by atoms with E-state index in [-0.39, 0.29) is 5.41 Å². The van der Waals surface area contributed by atoms with E-state index in [9.17, 15) is 0 Å². The SMILES string of the molecule is CC1(C)c2ccccc2-c2ccc(-c3cc(-c4ccccc4)nc(-c4ccc(-c5cc6ccccc6c6c(-c7ccccc7)c(-c7ccccc7)nn56)cc4)n3)cc21. The van der Waals surface area contributed by atoms with Gasteiger partial charge in [-0.25, -0.2) is 14.5 Å². The molecule has 0 atom stereocenters. The fourth-order valence-electron chi connectivity index (χ4n) is 8.90. The molecule has 0 radical (unpaired) electrons. The van der Waals surface area contributed by atoms with Crippen LogP contribution in [0, 0.1) is 0 Å². The van der Waals surface area contributed by atoms with E-state index in [0.717, 1.165) is 78.0 Å². The van der Waals surface area contributed by atoms with Crippen LogP contribution in [0.2, 0.25) is 0 Å². The molecule has 4 nitrogen and oxygen atoms in total. The van der Waals surface area contributed by atoms with E-state index in [1.165, 1.54) is 22.3 Å². The smallest absolute Gasteiger partial charge is 0.160 e. The van der Waals surface area contributed by atoms with Crippen molar-refractivity contribution in [2.45, 2.75) is 19.3 Å². The van der Waals surface area contributed by atoms with Crippen LogP contribution in [0.3, 0.4) is 0 Å². The van der Waals surface area contributed by atoms with Crippen molar-refractivity contribution in [1.29, 1.82) is 0 Å². The fourth-order valence-corrected chi connectivity index (χ4v) is 8.90. The van der Waals surface area contributed by atoms with Crippen LogP contribution in [-0.4, -0.2) is 19.6 Å². The van der Waals surface area contributed by atoms with Gasteiger partial charge in [-0.3, -0.25) is 0 Å². The molecule has 0 amide bonds. The average molecular weight is 743 g/mol. The van der Waals surface area contributed by atoms with E-state index in [1.54, 1.807) is 0 Å². The van der Waals surface area contributed by atoms with Crippen LogP contribution in [0.5, 0.6) is 0 Å². The minimum absolute atomic E-state index is 0.109. The zero-order valence-corrected chi connectivity index (χ0v) is 32.3. The Morgan fingerprint density at radius 2 is 1.00 bits per heavy atom. The van der Waals surface area contributed by atoms with Crippen LogP contribution in [0.25, 0.3) is 95.0 Å². The molecule has 7 aromatic carbocycles. The number of aromatic nitrogens is 4. The second kappa shape index (κ2) is 13.4. The van der Waals surface area contributed by atoms with Crippen molar-refractivity contribution in [2.75, 3.05) is 0 Å². The van der Waals surface area contributed by atoms with E-state index < -0.39 is 0 Å². The third kappa shape index (κ3) is 5.48. The molecule has 58 heavy (non-hydrogen) atoms. The fraction of sp³-hybridized carbons (Fsp3) is 0.0556. The normalized spacial score (nSPS) is 12.8. The Morgan fingerprint density at radius 1 is 0.431 bits per heavy atom. The van der Waals surface area contributed by atoms with Gasteiger partial charge < -0.3 is 0 Å². The third-order valence-electron chi connectivity index (χ3n) is 11.8. The lowest BCUT2D eigenvalue weighted by molar-refractivity contribution is 0.660. The van der Waals surface area contributed by atoms with E-state index in [4.69, 9.17) is 15.1 Å². The van der Waals surface area contributed by atoms with Crippen molar-refractivity contribution < 1.29 is 0 Å². The maximum atomic E-state index is 5.40. The number of nitrogens with zero attached hydrogens (tertiary/aromatic N) is 4. The molecule has 0 unspecified atom stereocenters. The minimum Gasteiger partial charge on any atom is -0.231 e. The molecule has 1 aliphatic rings. The molecule has 0 saturated heterocycles. The summed E-state index contributed by atoms with van der Waals surface area (Å²) in [6, 6.07) is 68.8. The number of hydrogen-bond acceptors (Lipinski definition) is 3. The quantitative estimate of drug-likeness (QED) is 0.170. The lowest BCUT2D eigenvalue weighted by Gasteiger charge is -2.22. The van der Waals surface area contributed by atoms with Gasteiger partial charge in [-0.15, -0.1) is 0 Å². The lowest BCUT2D eigenvalue weighted by Crippen LogP contribution is -2.14. The maximum absolute atomic E-state index is 5.40. The summed E-state index contributed by atoms with van der Waals surface area (Å²) >= 11 is 0. The number of pyridine rings is 1. The van der Waals surface area contributed by atoms with Gasteiger partial charge in [0.25, 0.3) is 0 Å². The molecule has 0 saturated carbocycles. The number of benzene rings is 7. The van der Waals surface area contributed by atoms with Crippen LogP contribution in [0.4, 0.5) is 0 Å². The molecule has 0 aliphatic heterocycles. The van der Waals surface area contributed by atoms with Crippen molar-refractivity contribution in [3.05, 3.63) is 205 Å². The lowest BCUT2D eigenvalue weighted by atomic mass is 9.82. The summed E-state index contributed by atoms with van der Waals surface area (Å²) in [6.45, 7) is 4.64. The highest BCUT2D eigenvalue weighted by Crippen LogP contribution is 2.49. The van der Waals surface area contributed by atoms with Gasteiger partial charge in [0.1, 0.15) is 5.69 Å². The van der Waals surface area contributed by atoms with E-state index in [1.807, 2.05) is 6.07 Å². The Hall–Kier alpha value is -7.43. The molecule has 10 aromatic rings. The summed E-state index contributed by atoms with van der Waals surface area (Å²) in [6.07, 6.45) is 0. The maximum Gasteiger partial charge on any atom is 0.160 e. The second-order valence-corrected chi connectivity index (χ2v) is 15.7. The van der Waals surface area contributed by atoms with Gasteiger partial charge in [-0.05, 0) is 51.4 Å². The number of hydrogen-bond donors (Lipinski definition) is 0. The molecule has 11 rings (SSSR count). The molecular formula is C54H38N4. The van der Waals surface area contributed by atoms with Crippen LogP contribution < -0.4 is 0 Å². The minimum atomic E-state index is -0.109. The Balaban J connectivity index is 1.06. The molecule has 4 heteroatoms. The molecular weight excluding hydrogens is 705 g/mol. The molecule has 1 aliphatic carbocycles. The van der Waals surface area contributed by atoms with Gasteiger partial charge in [0.05, 0.1) is 22.6 Å². The van der Waals surface area contributed by atoms with Crippen LogP contribution in [-0.2, 0) is 5.41 Å². The van der Waals surface area contributed by atoms with Crippen molar-refractivity contribution in [1.82, 2.24) is 19.6 Å². The summed E-state index contributed by atoms with van der Waals surface area (Å²) in [7, 11) is 0. The van der Waals surface area contributed by atoms with Gasteiger partial charge in [-0.2, -0.15) is 5.10 Å². The van der Waals surface area contributed by atoms with Crippen LogP contribution in [0.15, 0.2) is 194 Å². The first-order valence-corrected chi connectivity index (χ1v) is 19.9. The molecule has 0 bridgehead atoms. The first-order valence-electron chi connectivity index (χ1n) is 19.9. The topological polar surface area (TPSA) is 43.1 Å². The predicted molar refractivity (Wildman–Crippen MR) is 238 cm³/mol. The summed E-state index contributed by atoms with van der Waals surface area (Å²) < 4.78 is 2.14. The average Bonchev–Trinajstić information content (AvgIpc) is 3.80. The standard InChI is InChI=1S/C54H38N4/c1-54(2)45-25-15-14-24-43(45)44-31-30-41(32-46(44)54)48-34-47(35-16-6-3-7-17-35)55-53(56-48)39-28-26-36(27-29-39)49-33-40-22-12-13-23-42(40)52-50(37-18-8-4-9-19-37)51(57-58(49)52)38-20-10-5-11-21-38/h3-34H,1-2H3. The molecule has 3 heterocycles. The monoisotopic (exact) mass is 742 g/mol. The van der Waals surface area contributed by atoms with E-state index >= 15 is 0 Å². The van der Waals surface area contributed by atoms with E-state index in [0.29, 0.717) is 5.82 Å².